The summed E-state index contributed by atoms with van der Waals surface area (Å²) in [5, 5.41) is 6.23. The van der Waals surface area contributed by atoms with Gasteiger partial charge in [-0.25, -0.2) is 4.79 Å². The van der Waals surface area contributed by atoms with Gasteiger partial charge in [-0.15, -0.1) is 0 Å². The van der Waals surface area contributed by atoms with Crippen LogP contribution in [-0.4, -0.2) is 36.6 Å². The topological polar surface area (TPSA) is 44.4 Å². The van der Waals surface area contributed by atoms with Gasteiger partial charge in [0, 0.05) is 13.1 Å². The molecule has 104 valence electrons. The van der Waals surface area contributed by atoms with Gasteiger partial charge in [0.1, 0.15) is 0 Å². The number of rotatable bonds is 4. The van der Waals surface area contributed by atoms with Crippen LogP contribution in [0.4, 0.5) is 4.79 Å². The number of hydrogen-bond acceptors (Lipinski definition) is 2. The van der Waals surface area contributed by atoms with Gasteiger partial charge in [0.15, 0.2) is 0 Å². The third-order valence-electron chi connectivity index (χ3n) is 3.81. The maximum Gasteiger partial charge on any atom is 0.318 e. The predicted octanol–water partition coefficient (Wildman–Crippen LogP) is 2.06. The molecule has 1 aromatic carbocycles. The number of carbonyl (C=O) groups excluding carboxylic acids is 1. The second kappa shape index (κ2) is 5.21. The second-order valence-electron chi connectivity index (χ2n) is 5.81. The highest BCUT2D eigenvalue weighted by molar-refractivity contribution is 5.78. The van der Waals surface area contributed by atoms with Gasteiger partial charge in [-0.3, -0.25) is 0 Å². The number of nitrogens with one attached hydrogen (secondary N) is 2. The molecule has 1 heterocycles. The van der Waals surface area contributed by atoms with Gasteiger partial charge < -0.3 is 15.5 Å². The Balaban J connectivity index is 2.18. The molecule has 0 aliphatic carbocycles. The number of aryl methyl sites for hydroxylation is 1. The Labute approximate surface area is 115 Å². The molecule has 4 heteroatoms. The highest BCUT2D eigenvalue weighted by atomic mass is 16.2. The fourth-order valence-corrected chi connectivity index (χ4v) is 2.74. The van der Waals surface area contributed by atoms with Crippen molar-refractivity contribution in [1.82, 2.24) is 15.5 Å². The van der Waals surface area contributed by atoms with Gasteiger partial charge in [0.05, 0.1) is 11.6 Å². The summed E-state index contributed by atoms with van der Waals surface area (Å²) in [6.45, 7) is 7.76. The molecule has 2 N–H and O–H groups in total. The molecule has 1 aliphatic rings. The molecule has 0 aromatic heterocycles. The van der Waals surface area contributed by atoms with E-state index in [0.717, 1.165) is 13.1 Å². The average molecular weight is 261 g/mol. The molecular weight excluding hydrogens is 238 g/mol. The Hall–Kier alpha value is -1.55. The van der Waals surface area contributed by atoms with Crippen molar-refractivity contribution in [3.8, 4) is 0 Å². The minimum atomic E-state index is -0.184. The number of likely N-dealkylation sites (N-methyl/N-ethyl adjacent to an activating group) is 1. The maximum absolute atomic E-state index is 12.2. The average Bonchev–Trinajstić information content (AvgIpc) is 2.72. The molecule has 0 bridgehead atoms. The zero-order valence-electron chi connectivity index (χ0n) is 12.2. The lowest BCUT2D eigenvalue weighted by molar-refractivity contribution is 0.158. The second-order valence-corrected chi connectivity index (χ2v) is 5.81. The minimum Gasteiger partial charge on any atom is -0.329 e. The third kappa shape index (κ3) is 2.73. The van der Waals surface area contributed by atoms with Crippen molar-refractivity contribution in [2.75, 3.05) is 20.1 Å². The normalized spacial score (nSPS) is 19.7. The summed E-state index contributed by atoms with van der Waals surface area (Å²) in [4.78, 5) is 14.1. The first-order valence-electron chi connectivity index (χ1n) is 6.74. The van der Waals surface area contributed by atoms with Crippen molar-refractivity contribution in [1.29, 1.82) is 0 Å². The Morgan fingerprint density at radius 1 is 1.42 bits per heavy atom. The molecule has 1 unspecified atom stereocenters. The lowest BCUT2D eigenvalue weighted by atomic mass is 9.99. The first kappa shape index (κ1) is 13.9. The van der Waals surface area contributed by atoms with Crippen molar-refractivity contribution in [3.05, 3.63) is 35.4 Å². The molecule has 1 aliphatic heterocycles. The number of urea groups is 1. The Kier molecular flexibility index (Phi) is 3.80. The van der Waals surface area contributed by atoms with Crippen molar-refractivity contribution in [2.45, 2.75) is 32.4 Å². The number of nitrogens with zero attached hydrogens (tertiary/aromatic N) is 1. The lowest BCUT2D eigenvalue weighted by Crippen LogP contribution is -2.51. The van der Waals surface area contributed by atoms with Crippen LogP contribution in [0.1, 0.15) is 31.0 Å². The molecule has 1 fully saturated rings. The number of hydrogen-bond donors (Lipinski definition) is 2. The van der Waals surface area contributed by atoms with Crippen molar-refractivity contribution in [3.63, 3.8) is 0 Å². The van der Waals surface area contributed by atoms with Gasteiger partial charge in [0.25, 0.3) is 0 Å². The highest BCUT2D eigenvalue weighted by Crippen LogP contribution is 2.27. The quantitative estimate of drug-likeness (QED) is 0.871. The number of benzene rings is 1. The summed E-state index contributed by atoms with van der Waals surface area (Å²) >= 11 is 0. The molecule has 0 spiro atoms. The van der Waals surface area contributed by atoms with E-state index in [9.17, 15) is 4.79 Å². The first-order chi connectivity index (χ1) is 8.95. The van der Waals surface area contributed by atoms with Crippen LogP contribution in [0.5, 0.6) is 0 Å². The predicted molar refractivity (Wildman–Crippen MR) is 77.2 cm³/mol. The minimum absolute atomic E-state index is 0.0218. The summed E-state index contributed by atoms with van der Waals surface area (Å²) < 4.78 is 0. The van der Waals surface area contributed by atoms with Gasteiger partial charge >= 0.3 is 6.03 Å². The number of carbonyl (C=O) groups is 1. The fourth-order valence-electron chi connectivity index (χ4n) is 2.74. The van der Waals surface area contributed by atoms with E-state index in [1.165, 1.54) is 11.1 Å². The van der Waals surface area contributed by atoms with Crippen LogP contribution in [0, 0.1) is 6.92 Å². The van der Waals surface area contributed by atoms with Gasteiger partial charge in [-0.2, -0.15) is 0 Å². The fraction of sp³-hybridized carbons (Fsp3) is 0.533. The Morgan fingerprint density at radius 3 is 2.74 bits per heavy atom. The molecule has 19 heavy (non-hydrogen) atoms. The van der Waals surface area contributed by atoms with E-state index in [4.69, 9.17) is 0 Å². The highest BCUT2D eigenvalue weighted by Gasteiger charge is 2.38. The van der Waals surface area contributed by atoms with Gasteiger partial charge in [-0.05, 0) is 38.9 Å². The Bertz CT molecular complexity index is 470. The van der Waals surface area contributed by atoms with Crippen molar-refractivity contribution < 1.29 is 4.79 Å². The van der Waals surface area contributed by atoms with E-state index < -0.39 is 0 Å². The van der Waals surface area contributed by atoms with E-state index in [-0.39, 0.29) is 17.6 Å². The van der Waals surface area contributed by atoms with Gasteiger partial charge in [0.2, 0.25) is 0 Å². The largest absolute Gasteiger partial charge is 0.329 e. The van der Waals surface area contributed by atoms with E-state index in [0.29, 0.717) is 0 Å². The van der Waals surface area contributed by atoms with Crippen LogP contribution < -0.4 is 10.6 Å². The Morgan fingerprint density at radius 2 is 2.11 bits per heavy atom. The van der Waals surface area contributed by atoms with E-state index >= 15 is 0 Å². The molecule has 0 radical (unpaired) electrons. The standard InChI is InChI=1S/C15H23N3O/c1-11-7-5-6-8-12(11)13-9-18(14(19)17-13)15(2,3)10-16-4/h5-8,13,16H,9-10H2,1-4H3,(H,17,19). The molecule has 1 atom stereocenters. The van der Waals surface area contributed by atoms with Crippen molar-refractivity contribution >= 4 is 6.03 Å². The summed E-state index contributed by atoms with van der Waals surface area (Å²) in [7, 11) is 1.91. The van der Waals surface area contributed by atoms with Crippen LogP contribution in [0.15, 0.2) is 24.3 Å². The van der Waals surface area contributed by atoms with Crippen LogP contribution in [0.25, 0.3) is 0 Å². The van der Waals surface area contributed by atoms with E-state index in [2.05, 4.69) is 43.5 Å². The summed E-state index contributed by atoms with van der Waals surface area (Å²) in [6, 6.07) is 8.34. The molecular formula is C15H23N3O. The summed E-state index contributed by atoms with van der Waals surface area (Å²) in [6.07, 6.45) is 0. The van der Waals surface area contributed by atoms with Crippen LogP contribution in [-0.2, 0) is 0 Å². The van der Waals surface area contributed by atoms with E-state index in [1.54, 1.807) is 0 Å². The van der Waals surface area contributed by atoms with Crippen LogP contribution in [0.3, 0.4) is 0 Å². The molecule has 1 saturated heterocycles. The van der Waals surface area contributed by atoms with Crippen LogP contribution in [0.2, 0.25) is 0 Å². The zero-order valence-corrected chi connectivity index (χ0v) is 12.2. The van der Waals surface area contributed by atoms with Gasteiger partial charge in [-0.1, -0.05) is 24.3 Å². The van der Waals surface area contributed by atoms with E-state index in [1.807, 2.05) is 24.1 Å². The smallest absolute Gasteiger partial charge is 0.318 e. The maximum atomic E-state index is 12.2. The molecule has 4 nitrogen and oxygen atoms in total. The van der Waals surface area contributed by atoms with Crippen molar-refractivity contribution in [2.24, 2.45) is 0 Å². The lowest BCUT2D eigenvalue weighted by Gasteiger charge is -2.34. The zero-order chi connectivity index (χ0) is 14.0. The summed E-state index contributed by atoms with van der Waals surface area (Å²) in [5.41, 5.74) is 2.25. The van der Waals surface area contributed by atoms with Crippen LogP contribution >= 0.6 is 0 Å². The molecule has 2 amide bonds. The summed E-state index contributed by atoms with van der Waals surface area (Å²) in [5.74, 6) is 0. The molecule has 2 rings (SSSR count). The molecule has 1 aromatic rings. The molecule has 0 saturated carbocycles. The monoisotopic (exact) mass is 261 g/mol. The number of amides is 2. The third-order valence-corrected chi connectivity index (χ3v) is 3.81. The first-order valence-corrected chi connectivity index (χ1v) is 6.74. The SMILES string of the molecule is CNCC(C)(C)N1CC(c2ccccc2C)NC1=O.